The minimum Gasteiger partial charge on any atom is -0.324 e. The Morgan fingerprint density at radius 3 is 2.59 bits per heavy atom. The van der Waals surface area contributed by atoms with Gasteiger partial charge in [0.2, 0.25) is 15.9 Å². The normalized spacial score (nSPS) is 14.5. The Balaban J connectivity index is 0.00000242. The fourth-order valence-corrected chi connectivity index (χ4v) is 3.51. The predicted molar refractivity (Wildman–Crippen MR) is 88.9 cm³/mol. The van der Waals surface area contributed by atoms with Crippen LogP contribution in [0.5, 0.6) is 0 Å². The van der Waals surface area contributed by atoms with Crippen molar-refractivity contribution in [3.05, 3.63) is 23.8 Å². The third kappa shape index (κ3) is 4.19. The first-order valence-corrected chi connectivity index (χ1v) is 8.28. The van der Waals surface area contributed by atoms with E-state index in [1.165, 1.54) is 13.0 Å². The van der Waals surface area contributed by atoms with Crippen LogP contribution in [0.25, 0.3) is 0 Å². The average molecular weight is 348 g/mol. The predicted octanol–water partition coefficient (Wildman–Crippen LogP) is 1.03. The highest BCUT2D eigenvalue weighted by Gasteiger charge is 2.25. The molecule has 0 bridgehead atoms. The van der Waals surface area contributed by atoms with Gasteiger partial charge in [-0.3, -0.25) is 4.79 Å². The summed E-state index contributed by atoms with van der Waals surface area (Å²) < 4.78 is 27.0. The van der Waals surface area contributed by atoms with Gasteiger partial charge < -0.3 is 10.6 Å². The summed E-state index contributed by atoms with van der Waals surface area (Å²) in [5.41, 5.74) is 6.84. The molecule has 0 spiro atoms. The molecule has 0 saturated heterocycles. The summed E-state index contributed by atoms with van der Waals surface area (Å²) in [7, 11) is -3.59. The molecule has 0 saturated carbocycles. The van der Waals surface area contributed by atoms with Gasteiger partial charge in [0.15, 0.2) is 0 Å². The van der Waals surface area contributed by atoms with E-state index in [0.717, 1.165) is 11.3 Å². The Bertz CT molecular complexity index is 668. The summed E-state index contributed by atoms with van der Waals surface area (Å²) in [6.45, 7) is 5.76. The van der Waals surface area contributed by atoms with Gasteiger partial charge in [-0.2, -0.15) is 0 Å². The largest absolute Gasteiger partial charge is 0.324 e. The summed E-state index contributed by atoms with van der Waals surface area (Å²) in [5.74, 6) is -0.0348. The second kappa shape index (κ2) is 6.54. The number of carbonyl (C=O) groups excluding carboxylic acids is 1. The maximum Gasteiger partial charge on any atom is 0.240 e. The Hall–Kier alpha value is -1.15. The summed E-state index contributed by atoms with van der Waals surface area (Å²) in [6, 6.07) is 4.84. The molecular weight excluding hydrogens is 326 g/mol. The number of fused-ring (bicyclic) bond motifs is 1. The highest BCUT2D eigenvalue weighted by molar-refractivity contribution is 7.89. The molecule has 1 aliphatic rings. The van der Waals surface area contributed by atoms with Crippen molar-refractivity contribution in [3.63, 3.8) is 0 Å². The van der Waals surface area contributed by atoms with E-state index in [0.29, 0.717) is 13.0 Å². The summed E-state index contributed by atoms with van der Waals surface area (Å²) in [6.07, 6.45) is 0.667. The minimum atomic E-state index is -3.59. The lowest BCUT2D eigenvalue weighted by Gasteiger charge is -2.19. The number of carbonyl (C=O) groups is 1. The van der Waals surface area contributed by atoms with E-state index in [9.17, 15) is 13.2 Å². The van der Waals surface area contributed by atoms with Gasteiger partial charge in [-0.15, -0.1) is 12.4 Å². The second-order valence-electron chi connectivity index (χ2n) is 6.02. The van der Waals surface area contributed by atoms with Crippen molar-refractivity contribution in [3.8, 4) is 0 Å². The molecule has 0 unspecified atom stereocenters. The molecule has 8 heteroatoms. The van der Waals surface area contributed by atoms with Crippen molar-refractivity contribution in [2.75, 3.05) is 18.0 Å². The summed E-state index contributed by atoms with van der Waals surface area (Å²) >= 11 is 0. The van der Waals surface area contributed by atoms with E-state index in [1.807, 2.05) is 0 Å². The fraction of sp³-hybridized carbons (Fsp3) is 0.500. The molecule has 3 N–H and O–H groups in total. The molecule has 0 aliphatic carbocycles. The molecule has 0 fully saturated rings. The first-order chi connectivity index (χ1) is 9.60. The minimum absolute atomic E-state index is 0. The van der Waals surface area contributed by atoms with Crippen molar-refractivity contribution in [1.82, 2.24) is 4.72 Å². The molecule has 6 nitrogen and oxygen atoms in total. The zero-order valence-corrected chi connectivity index (χ0v) is 14.6. The van der Waals surface area contributed by atoms with E-state index in [4.69, 9.17) is 5.73 Å². The number of nitrogens with two attached hydrogens (primary N) is 1. The Kier molecular flexibility index (Phi) is 5.61. The molecule has 0 atom stereocenters. The lowest BCUT2D eigenvalue weighted by atomic mass is 10.1. The molecule has 22 heavy (non-hydrogen) atoms. The van der Waals surface area contributed by atoms with Crippen LogP contribution in [-0.4, -0.2) is 33.0 Å². The standard InChI is InChI=1S/C14H21N3O3S.ClH/c1-10(18)17-7-6-11-8-12(4-5-13(11)17)21(19,20)16-9-14(2,3)15;/h4-5,8,16H,6-7,9,15H2,1-3H3;1H. The van der Waals surface area contributed by atoms with Crippen LogP contribution in [0.4, 0.5) is 5.69 Å². The number of sulfonamides is 1. The van der Waals surface area contributed by atoms with E-state index in [2.05, 4.69) is 4.72 Å². The van der Waals surface area contributed by atoms with Gasteiger partial charge in [0, 0.05) is 31.2 Å². The SMILES string of the molecule is CC(=O)N1CCc2cc(S(=O)(=O)NCC(C)(C)N)ccc21.Cl. The summed E-state index contributed by atoms with van der Waals surface area (Å²) in [4.78, 5) is 13.3. The van der Waals surface area contributed by atoms with Gasteiger partial charge in [-0.25, -0.2) is 13.1 Å². The number of hydrogen-bond acceptors (Lipinski definition) is 4. The number of hydrogen-bond donors (Lipinski definition) is 2. The zero-order valence-electron chi connectivity index (χ0n) is 12.9. The number of amides is 1. The zero-order chi connectivity index (χ0) is 15.8. The summed E-state index contributed by atoms with van der Waals surface area (Å²) in [5, 5.41) is 0. The van der Waals surface area contributed by atoms with Gasteiger partial charge in [0.05, 0.1) is 4.90 Å². The lowest BCUT2D eigenvalue weighted by molar-refractivity contribution is -0.116. The van der Waals surface area contributed by atoms with E-state index in [1.54, 1.807) is 30.9 Å². The quantitative estimate of drug-likeness (QED) is 0.850. The Labute approximate surface area is 137 Å². The van der Waals surface area contributed by atoms with Crippen LogP contribution in [-0.2, 0) is 21.2 Å². The van der Waals surface area contributed by atoms with Gasteiger partial charge in [0.1, 0.15) is 0 Å². The molecule has 1 aromatic carbocycles. The lowest BCUT2D eigenvalue weighted by Crippen LogP contribution is -2.45. The molecule has 1 aliphatic heterocycles. The van der Waals surface area contributed by atoms with Crippen molar-refractivity contribution < 1.29 is 13.2 Å². The smallest absolute Gasteiger partial charge is 0.240 e. The van der Waals surface area contributed by atoms with Crippen LogP contribution in [0.1, 0.15) is 26.3 Å². The van der Waals surface area contributed by atoms with Crippen LogP contribution >= 0.6 is 12.4 Å². The van der Waals surface area contributed by atoms with Gasteiger partial charge in [-0.05, 0) is 44.0 Å². The number of anilines is 1. The molecule has 1 heterocycles. The molecule has 2 rings (SSSR count). The first kappa shape index (κ1) is 18.9. The molecule has 0 aromatic heterocycles. The molecule has 124 valence electrons. The third-order valence-corrected chi connectivity index (χ3v) is 4.75. The molecule has 1 amide bonds. The first-order valence-electron chi connectivity index (χ1n) is 6.80. The van der Waals surface area contributed by atoms with Crippen molar-refractivity contribution >= 4 is 34.0 Å². The Morgan fingerprint density at radius 2 is 2.05 bits per heavy atom. The van der Waals surface area contributed by atoms with Crippen molar-refractivity contribution in [2.24, 2.45) is 5.73 Å². The fourth-order valence-electron chi connectivity index (χ4n) is 2.24. The number of rotatable bonds is 4. The van der Waals surface area contributed by atoms with E-state index in [-0.39, 0.29) is 29.8 Å². The van der Waals surface area contributed by atoms with Crippen LogP contribution in [0.2, 0.25) is 0 Å². The van der Waals surface area contributed by atoms with Gasteiger partial charge >= 0.3 is 0 Å². The highest BCUT2D eigenvalue weighted by Crippen LogP contribution is 2.30. The topological polar surface area (TPSA) is 92.5 Å². The van der Waals surface area contributed by atoms with Crippen LogP contribution in [0, 0.1) is 0 Å². The van der Waals surface area contributed by atoms with E-state index >= 15 is 0 Å². The number of halogens is 1. The van der Waals surface area contributed by atoms with Crippen LogP contribution in [0.15, 0.2) is 23.1 Å². The number of nitrogens with one attached hydrogen (secondary N) is 1. The maximum absolute atomic E-state index is 12.2. The number of benzene rings is 1. The van der Waals surface area contributed by atoms with Crippen LogP contribution < -0.4 is 15.4 Å². The maximum atomic E-state index is 12.2. The molecular formula is C14H22ClN3O3S. The highest BCUT2D eigenvalue weighted by atomic mass is 35.5. The molecule has 1 aromatic rings. The van der Waals surface area contributed by atoms with Crippen molar-refractivity contribution in [1.29, 1.82) is 0 Å². The van der Waals surface area contributed by atoms with Gasteiger partial charge in [-0.1, -0.05) is 0 Å². The van der Waals surface area contributed by atoms with Crippen LogP contribution in [0.3, 0.4) is 0 Å². The van der Waals surface area contributed by atoms with Crippen molar-refractivity contribution in [2.45, 2.75) is 37.6 Å². The third-order valence-electron chi connectivity index (χ3n) is 3.35. The second-order valence-corrected chi connectivity index (χ2v) is 7.79. The average Bonchev–Trinajstić information content (AvgIpc) is 2.78. The monoisotopic (exact) mass is 347 g/mol. The Morgan fingerprint density at radius 1 is 1.41 bits per heavy atom. The van der Waals surface area contributed by atoms with Gasteiger partial charge in [0.25, 0.3) is 0 Å². The van der Waals surface area contributed by atoms with E-state index < -0.39 is 15.6 Å². The number of nitrogens with zero attached hydrogens (tertiary/aromatic N) is 1. The molecule has 0 radical (unpaired) electrons.